The maximum absolute atomic E-state index is 13.2. The van der Waals surface area contributed by atoms with Crippen LogP contribution in [0.25, 0.3) is 0 Å². The predicted octanol–water partition coefficient (Wildman–Crippen LogP) is 1.68. The van der Waals surface area contributed by atoms with Gasteiger partial charge < -0.3 is 14.6 Å². The van der Waals surface area contributed by atoms with Crippen molar-refractivity contribution in [3.05, 3.63) is 29.1 Å². The van der Waals surface area contributed by atoms with E-state index in [1.54, 1.807) is 0 Å². The molecule has 20 heavy (non-hydrogen) atoms. The number of ether oxygens (including phenoxy) is 2. The molecule has 1 atom stereocenters. The molecule has 112 valence electrons. The molecule has 4 nitrogen and oxygen atoms in total. The number of rotatable bonds is 4. The largest absolute Gasteiger partial charge is 0.484 e. The molecule has 0 aliphatic rings. The third-order valence-electron chi connectivity index (χ3n) is 2.29. The number of carbonyl (C=O) groups is 1. The molecule has 9 heteroatoms. The second kappa shape index (κ2) is 5.61. The highest BCUT2D eigenvalue weighted by Crippen LogP contribution is 2.29. The number of methoxy groups -OCH3 is 1. The molecule has 0 bridgehead atoms. The second-order valence-electron chi connectivity index (χ2n) is 3.95. The number of hydrogen-bond acceptors (Lipinski definition) is 4. The number of halogens is 5. The highest BCUT2D eigenvalue weighted by Gasteiger charge is 2.35. The summed E-state index contributed by atoms with van der Waals surface area (Å²) in [5.41, 5.74) is -2.32. The fourth-order valence-electron chi connectivity index (χ4n) is 1.20. The minimum atomic E-state index is -2.34. The van der Waals surface area contributed by atoms with E-state index in [9.17, 15) is 31.9 Å². The Morgan fingerprint density at radius 1 is 1.05 bits per heavy atom. The van der Waals surface area contributed by atoms with E-state index >= 15 is 0 Å². The number of hydrogen-bond donors (Lipinski definition) is 1. The fourth-order valence-corrected chi connectivity index (χ4v) is 1.20. The van der Waals surface area contributed by atoms with Gasteiger partial charge in [-0.05, 0) is 6.92 Å². The van der Waals surface area contributed by atoms with Gasteiger partial charge in [0, 0.05) is 0 Å². The van der Waals surface area contributed by atoms with E-state index in [-0.39, 0.29) is 0 Å². The van der Waals surface area contributed by atoms with Crippen LogP contribution in [-0.4, -0.2) is 30.4 Å². The maximum atomic E-state index is 13.2. The number of aliphatic hydroxyl groups is 1. The Morgan fingerprint density at radius 2 is 1.45 bits per heavy atom. The van der Waals surface area contributed by atoms with Crippen molar-refractivity contribution in [2.45, 2.75) is 12.5 Å². The standard InChI is InChI=1S/C11H9F5O4/c1-11(18,10(17)19-2)3-20-9-7(15)5(13)4(12)6(14)8(9)16/h18H,3H2,1-2H3. The van der Waals surface area contributed by atoms with Crippen molar-refractivity contribution in [1.82, 2.24) is 0 Å². The molecule has 1 aromatic carbocycles. The molecule has 1 rings (SSSR count). The first-order valence-electron chi connectivity index (χ1n) is 5.08. The molecule has 0 aromatic heterocycles. The highest BCUT2D eigenvalue weighted by atomic mass is 19.2. The van der Waals surface area contributed by atoms with Gasteiger partial charge in [-0.25, -0.2) is 18.0 Å². The summed E-state index contributed by atoms with van der Waals surface area (Å²) in [5, 5.41) is 9.51. The molecule has 0 saturated carbocycles. The van der Waals surface area contributed by atoms with Crippen molar-refractivity contribution < 1.29 is 41.3 Å². The third kappa shape index (κ3) is 2.82. The molecule has 0 saturated heterocycles. The second-order valence-corrected chi connectivity index (χ2v) is 3.95. The van der Waals surface area contributed by atoms with Crippen molar-refractivity contribution in [3.63, 3.8) is 0 Å². The van der Waals surface area contributed by atoms with E-state index in [0.717, 1.165) is 14.0 Å². The molecule has 0 aliphatic heterocycles. The SMILES string of the molecule is COC(=O)C(C)(O)COc1c(F)c(F)c(F)c(F)c1F. The molecule has 0 heterocycles. The normalized spacial score (nSPS) is 13.8. The zero-order chi connectivity index (χ0) is 15.7. The smallest absolute Gasteiger partial charge is 0.341 e. The van der Waals surface area contributed by atoms with Crippen molar-refractivity contribution in [3.8, 4) is 5.75 Å². The summed E-state index contributed by atoms with van der Waals surface area (Å²) in [4.78, 5) is 11.1. The van der Waals surface area contributed by atoms with Gasteiger partial charge in [-0.3, -0.25) is 0 Å². The van der Waals surface area contributed by atoms with Crippen LogP contribution in [0, 0.1) is 29.1 Å². The molecule has 1 aromatic rings. The van der Waals surface area contributed by atoms with Crippen LogP contribution in [-0.2, 0) is 9.53 Å². The van der Waals surface area contributed by atoms with Crippen LogP contribution in [0.5, 0.6) is 5.75 Å². The minimum absolute atomic E-state index is 0.880. The summed E-state index contributed by atoms with van der Waals surface area (Å²) in [6, 6.07) is 0. The van der Waals surface area contributed by atoms with Gasteiger partial charge >= 0.3 is 5.97 Å². The van der Waals surface area contributed by atoms with Gasteiger partial charge in [0.1, 0.15) is 6.61 Å². The molecule has 1 N–H and O–H groups in total. The minimum Gasteiger partial charge on any atom is -0.484 e. The third-order valence-corrected chi connectivity index (χ3v) is 2.29. The molecule has 0 aliphatic carbocycles. The summed E-state index contributed by atoms with van der Waals surface area (Å²) >= 11 is 0. The van der Waals surface area contributed by atoms with Crippen molar-refractivity contribution >= 4 is 5.97 Å². The Labute approximate surface area is 109 Å². The van der Waals surface area contributed by atoms with E-state index in [2.05, 4.69) is 9.47 Å². The van der Waals surface area contributed by atoms with Crippen LogP contribution in [0.2, 0.25) is 0 Å². The van der Waals surface area contributed by atoms with Crippen LogP contribution < -0.4 is 4.74 Å². The van der Waals surface area contributed by atoms with Gasteiger partial charge in [0.05, 0.1) is 7.11 Å². The molecule has 1 unspecified atom stereocenters. The van der Waals surface area contributed by atoms with E-state index in [1.807, 2.05) is 0 Å². The molecular weight excluding hydrogens is 291 g/mol. The van der Waals surface area contributed by atoms with Crippen LogP contribution in [0.15, 0.2) is 0 Å². The van der Waals surface area contributed by atoms with Gasteiger partial charge in [0.25, 0.3) is 0 Å². The van der Waals surface area contributed by atoms with Gasteiger partial charge in [0.2, 0.25) is 29.1 Å². The summed E-state index contributed by atoms with van der Waals surface area (Å²) in [6.07, 6.45) is 0. The van der Waals surface area contributed by atoms with Gasteiger partial charge in [-0.2, -0.15) is 8.78 Å². The Hall–Kier alpha value is -1.90. The summed E-state index contributed by atoms with van der Waals surface area (Å²) < 4.78 is 73.4. The summed E-state index contributed by atoms with van der Waals surface area (Å²) in [5.74, 6) is -13.9. The lowest BCUT2D eigenvalue weighted by molar-refractivity contribution is -0.163. The first kappa shape index (κ1) is 16.2. The molecule has 0 fully saturated rings. The monoisotopic (exact) mass is 300 g/mol. The first-order valence-corrected chi connectivity index (χ1v) is 5.08. The Bertz CT molecular complexity index is 515. The number of benzene rings is 1. The number of esters is 1. The van der Waals surface area contributed by atoms with Crippen molar-refractivity contribution in [1.29, 1.82) is 0 Å². The first-order chi connectivity index (χ1) is 9.13. The molecular formula is C11H9F5O4. The molecule has 0 radical (unpaired) electrons. The zero-order valence-corrected chi connectivity index (χ0v) is 10.3. The quantitative estimate of drug-likeness (QED) is 0.398. The van der Waals surface area contributed by atoms with Crippen molar-refractivity contribution in [2.75, 3.05) is 13.7 Å². The lowest BCUT2D eigenvalue weighted by atomic mass is 10.1. The summed E-state index contributed by atoms with van der Waals surface area (Å²) in [6.45, 7) is -0.192. The van der Waals surface area contributed by atoms with E-state index in [4.69, 9.17) is 0 Å². The van der Waals surface area contributed by atoms with Crippen LogP contribution in [0.3, 0.4) is 0 Å². The van der Waals surface area contributed by atoms with E-state index in [1.165, 1.54) is 0 Å². The highest BCUT2D eigenvalue weighted by molar-refractivity contribution is 5.78. The van der Waals surface area contributed by atoms with E-state index < -0.39 is 53.0 Å². The van der Waals surface area contributed by atoms with E-state index in [0.29, 0.717) is 0 Å². The topological polar surface area (TPSA) is 55.8 Å². The molecule has 0 amide bonds. The fraction of sp³-hybridized carbons (Fsp3) is 0.364. The molecule has 0 spiro atoms. The average Bonchev–Trinajstić information content (AvgIpc) is 2.41. The van der Waals surface area contributed by atoms with Gasteiger partial charge in [0.15, 0.2) is 11.4 Å². The van der Waals surface area contributed by atoms with Crippen LogP contribution in [0.4, 0.5) is 22.0 Å². The lowest BCUT2D eigenvalue weighted by Crippen LogP contribution is -2.42. The summed E-state index contributed by atoms with van der Waals surface area (Å²) in [7, 11) is 0.926. The predicted molar refractivity (Wildman–Crippen MR) is 54.4 cm³/mol. The van der Waals surface area contributed by atoms with Gasteiger partial charge in [-0.15, -0.1) is 0 Å². The number of carbonyl (C=O) groups excluding carboxylic acids is 1. The lowest BCUT2D eigenvalue weighted by Gasteiger charge is -2.20. The Balaban J connectivity index is 3.09. The Morgan fingerprint density at radius 3 is 1.85 bits per heavy atom. The Kier molecular flexibility index (Phi) is 4.53. The van der Waals surface area contributed by atoms with Crippen molar-refractivity contribution in [2.24, 2.45) is 0 Å². The van der Waals surface area contributed by atoms with Gasteiger partial charge in [-0.1, -0.05) is 0 Å². The average molecular weight is 300 g/mol. The van der Waals surface area contributed by atoms with Crippen LogP contribution >= 0.6 is 0 Å². The zero-order valence-electron chi connectivity index (χ0n) is 10.3. The maximum Gasteiger partial charge on any atom is 0.341 e. The van der Waals surface area contributed by atoms with Crippen LogP contribution in [0.1, 0.15) is 6.92 Å².